The number of nitrogens with zero attached hydrogens (tertiary/aromatic N) is 2. The smallest absolute Gasteiger partial charge is 0.329 e. The predicted octanol–water partition coefficient (Wildman–Crippen LogP) is -1.64. The summed E-state index contributed by atoms with van der Waals surface area (Å²) in [5.41, 5.74) is -0.814. The summed E-state index contributed by atoms with van der Waals surface area (Å²) < 4.78 is 2.01. The van der Waals surface area contributed by atoms with Gasteiger partial charge in [-0.2, -0.15) is 0 Å². The summed E-state index contributed by atoms with van der Waals surface area (Å²) in [6.07, 6.45) is 1.99. The van der Waals surface area contributed by atoms with Crippen molar-refractivity contribution < 1.29 is 10.0 Å². The molecule has 0 unspecified atom stereocenters. The molecule has 0 amide bonds. The van der Waals surface area contributed by atoms with E-state index in [1.807, 2.05) is 0 Å². The summed E-state index contributed by atoms with van der Waals surface area (Å²) in [5.74, 6) is -0.460. The molecule has 1 aromatic heterocycles. The van der Waals surface area contributed by atoms with Crippen molar-refractivity contribution >= 4 is 0 Å². The van der Waals surface area contributed by atoms with Crippen LogP contribution in [0.3, 0.4) is 0 Å². The Hall–Kier alpha value is -1.56. The molecule has 108 valence electrons. The molecule has 0 fully saturated rings. The van der Waals surface area contributed by atoms with Crippen LogP contribution in [0.4, 0.5) is 0 Å². The van der Waals surface area contributed by atoms with Crippen molar-refractivity contribution in [1.29, 1.82) is 0 Å². The van der Waals surface area contributed by atoms with E-state index < -0.39 is 17.1 Å². The number of rotatable bonds is 6. The summed E-state index contributed by atoms with van der Waals surface area (Å²) in [6.45, 7) is 6.37. The van der Waals surface area contributed by atoms with Crippen LogP contribution in [0.1, 0.15) is 32.3 Å². The molecule has 6 heteroatoms. The highest BCUT2D eigenvalue weighted by molar-refractivity contribution is 5.20. The maximum atomic E-state index is 12.0. The van der Waals surface area contributed by atoms with Gasteiger partial charge in [-0.25, -0.2) is 4.79 Å². The molecule has 0 saturated heterocycles. The summed E-state index contributed by atoms with van der Waals surface area (Å²) in [6, 6.07) is 0. The second-order valence-electron chi connectivity index (χ2n) is 4.92. The van der Waals surface area contributed by atoms with Crippen LogP contribution < -0.4 is 21.3 Å². The van der Waals surface area contributed by atoms with Gasteiger partial charge < -0.3 is 14.6 Å². The third-order valence-corrected chi connectivity index (χ3v) is 3.33. The second-order valence-corrected chi connectivity index (χ2v) is 4.92. The van der Waals surface area contributed by atoms with Gasteiger partial charge in [-0.3, -0.25) is 9.36 Å². The molecule has 0 aromatic carbocycles. The lowest BCUT2D eigenvalue weighted by atomic mass is 10.2. The number of hydrogen-bond donors (Lipinski definition) is 1. The summed E-state index contributed by atoms with van der Waals surface area (Å²) in [7, 11) is 2.82. The van der Waals surface area contributed by atoms with Crippen LogP contribution in [0.25, 0.3) is 0 Å². The summed E-state index contributed by atoms with van der Waals surface area (Å²) in [4.78, 5) is 24.9. The van der Waals surface area contributed by atoms with Crippen molar-refractivity contribution in [3.8, 4) is 5.88 Å². The van der Waals surface area contributed by atoms with Crippen molar-refractivity contribution in [1.82, 2.24) is 9.13 Å². The summed E-state index contributed by atoms with van der Waals surface area (Å²) in [5, 5.41) is 12.0. The van der Waals surface area contributed by atoms with Gasteiger partial charge in [-0.05, 0) is 18.7 Å². The minimum Gasteiger partial charge on any atom is -0.859 e. The first-order chi connectivity index (χ1) is 8.93. The highest BCUT2D eigenvalue weighted by Gasteiger charge is 2.15. The Kier molecular flexibility index (Phi) is 5.35. The maximum Gasteiger partial charge on any atom is 0.329 e. The van der Waals surface area contributed by atoms with Crippen molar-refractivity contribution in [2.75, 3.05) is 13.1 Å². The van der Waals surface area contributed by atoms with Crippen LogP contribution in [-0.2, 0) is 20.6 Å². The first-order valence-corrected chi connectivity index (χ1v) is 6.73. The van der Waals surface area contributed by atoms with Crippen molar-refractivity contribution in [3.63, 3.8) is 0 Å². The molecule has 1 rings (SSSR count). The van der Waals surface area contributed by atoms with Gasteiger partial charge in [0.25, 0.3) is 5.56 Å². The van der Waals surface area contributed by atoms with Crippen LogP contribution in [-0.4, -0.2) is 22.2 Å². The van der Waals surface area contributed by atoms with E-state index in [4.69, 9.17) is 0 Å². The van der Waals surface area contributed by atoms with Crippen molar-refractivity contribution in [2.45, 2.75) is 33.2 Å². The van der Waals surface area contributed by atoms with Gasteiger partial charge >= 0.3 is 5.69 Å². The van der Waals surface area contributed by atoms with Crippen LogP contribution >= 0.6 is 0 Å². The molecule has 0 aliphatic heterocycles. The largest absolute Gasteiger partial charge is 0.859 e. The zero-order chi connectivity index (χ0) is 14.6. The molecule has 1 heterocycles. The fourth-order valence-corrected chi connectivity index (χ4v) is 2.31. The van der Waals surface area contributed by atoms with Crippen LogP contribution in [0.5, 0.6) is 5.88 Å². The van der Waals surface area contributed by atoms with Gasteiger partial charge in [0.2, 0.25) is 0 Å². The normalized spacial score (nSPS) is 11.2. The minimum atomic E-state index is -0.564. The Bertz CT molecular complexity index is 539. The van der Waals surface area contributed by atoms with Gasteiger partial charge in [-0.1, -0.05) is 13.8 Å². The van der Waals surface area contributed by atoms with Gasteiger partial charge in [0.1, 0.15) is 6.54 Å². The molecule has 1 aromatic rings. The first-order valence-electron chi connectivity index (χ1n) is 6.73. The van der Waals surface area contributed by atoms with Crippen LogP contribution in [0.15, 0.2) is 9.59 Å². The van der Waals surface area contributed by atoms with Crippen LogP contribution in [0, 0.1) is 0 Å². The molecule has 0 atom stereocenters. The number of nitrogens with one attached hydrogen (secondary N) is 1. The van der Waals surface area contributed by atoms with Gasteiger partial charge in [-0.15, -0.1) is 0 Å². The fraction of sp³-hybridized carbons (Fsp3) is 0.692. The molecule has 1 N–H and O–H groups in total. The molecule has 6 nitrogen and oxygen atoms in total. The molecule has 0 radical (unpaired) electrons. The van der Waals surface area contributed by atoms with Crippen molar-refractivity contribution in [3.05, 3.63) is 26.4 Å². The first kappa shape index (κ1) is 15.5. The van der Waals surface area contributed by atoms with E-state index in [-0.39, 0.29) is 5.56 Å². The molecule has 0 aliphatic rings. The Morgan fingerprint density at radius 1 is 1.05 bits per heavy atom. The second kappa shape index (κ2) is 6.56. The molecule has 19 heavy (non-hydrogen) atoms. The Labute approximate surface area is 112 Å². The van der Waals surface area contributed by atoms with Crippen LogP contribution in [0.2, 0.25) is 0 Å². The van der Waals surface area contributed by atoms with Gasteiger partial charge in [0.15, 0.2) is 0 Å². The topological polar surface area (TPSA) is 71.5 Å². The van der Waals surface area contributed by atoms with E-state index in [1.165, 1.54) is 19.0 Å². The van der Waals surface area contributed by atoms with Crippen molar-refractivity contribution in [2.24, 2.45) is 14.1 Å². The standard InChI is InChI=1S/C13H23N3O3/c1-5-7-16(8-6-2)9-10-11(17)14(3)13(19)15(4)12(10)18/h17H,5-9H2,1-4H3. The number of hydrogen-bond acceptors (Lipinski definition) is 3. The molecular formula is C13H23N3O3. The van der Waals surface area contributed by atoms with Gasteiger partial charge in [0.05, 0.1) is 18.7 Å². The van der Waals surface area contributed by atoms with E-state index in [1.54, 1.807) is 0 Å². The van der Waals surface area contributed by atoms with E-state index >= 15 is 0 Å². The lowest BCUT2D eigenvalue weighted by molar-refractivity contribution is -0.914. The Morgan fingerprint density at radius 2 is 1.58 bits per heavy atom. The summed E-state index contributed by atoms with van der Waals surface area (Å²) >= 11 is 0. The quantitative estimate of drug-likeness (QED) is 0.673. The Morgan fingerprint density at radius 3 is 2.05 bits per heavy atom. The van der Waals surface area contributed by atoms with E-state index in [0.717, 1.165) is 35.1 Å². The van der Waals surface area contributed by atoms with Gasteiger partial charge in [0, 0.05) is 14.1 Å². The molecule has 0 aliphatic carbocycles. The monoisotopic (exact) mass is 269 g/mol. The predicted molar refractivity (Wildman–Crippen MR) is 71.4 cm³/mol. The molecule has 0 bridgehead atoms. The van der Waals surface area contributed by atoms with E-state index in [0.29, 0.717) is 6.54 Å². The minimum absolute atomic E-state index is 0.210. The van der Waals surface area contributed by atoms with E-state index in [9.17, 15) is 14.7 Å². The average Bonchev–Trinajstić information content (AvgIpc) is 2.39. The van der Waals surface area contributed by atoms with E-state index in [2.05, 4.69) is 13.8 Å². The molecule has 0 saturated carbocycles. The SMILES string of the molecule is CCC[NH+](CCC)Cc1c([O-])n(C)c(=O)n(C)c1=O. The molecular weight excluding hydrogens is 246 g/mol. The number of quaternary nitrogens is 1. The third-order valence-electron chi connectivity index (χ3n) is 3.33. The maximum absolute atomic E-state index is 12.0. The Balaban J connectivity index is 3.20. The fourth-order valence-electron chi connectivity index (χ4n) is 2.31. The highest BCUT2D eigenvalue weighted by atomic mass is 16.3. The number of aromatic nitrogens is 2. The zero-order valence-electron chi connectivity index (χ0n) is 12.2. The lowest BCUT2D eigenvalue weighted by Crippen LogP contribution is -3.10. The third kappa shape index (κ3) is 3.26. The average molecular weight is 269 g/mol. The highest BCUT2D eigenvalue weighted by Crippen LogP contribution is 2.02. The lowest BCUT2D eigenvalue weighted by Gasteiger charge is -2.23. The molecule has 0 spiro atoms. The zero-order valence-corrected chi connectivity index (χ0v) is 12.2.